The van der Waals surface area contributed by atoms with Gasteiger partial charge in [-0.05, 0) is 86.0 Å². The average Bonchev–Trinajstić information content (AvgIpc) is 2.70. The summed E-state index contributed by atoms with van der Waals surface area (Å²) in [5, 5.41) is 8.47. The van der Waals surface area contributed by atoms with Crippen molar-refractivity contribution in [2.24, 2.45) is 0 Å². The number of hydrogen-bond donors (Lipinski definition) is 1. The van der Waals surface area contributed by atoms with Crippen molar-refractivity contribution in [1.82, 2.24) is 4.90 Å². The molecule has 0 saturated carbocycles. The quantitative estimate of drug-likeness (QED) is 0.415. The second-order valence-electron chi connectivity index (χ2n) is 8.89. The lowest BCUT2D eigenvalue weighted by Crippen LogP contribution is -2.29. The van der Waals surface area contributed by atoms with E-state index in [-0.39, 0.29) is 0 Å². The molecule has 1 aliphatic rings. The van der Waals surface area contributed by atoms with E-state index in [1.165, 1.54) is 60.2 Å². The van der Waals surface area contributed by atoms with Gasteiger partial charge in [0.2, 0.25) is 0 Å². The Bertz CT molecular complexity index is 881. The van der Waals surface area contributed by atoms with E-state index in [4.69, 9.17) is 5.41 Å². The van der Waals surface area contributed by atoms with Crippen LogP contribution < -0.4 is 0 Å². The van der Waals surface area contributed by atoms with E-state index in [1.807, 2.05) is 6.92 Å². The van der Waals surface area contributed by atoms with Gasteiger partial charge in [0.25, 0.3) is 0 Å². The maximum absolute atomic E-state index is 8.47. The number of rotatable bonds is 6. The first kappa shape index (κ1) is 21.5. The highest BCUT2D eigenvalue weighted by Gasteiger charge is 2.14. The number of benzene rings is 2. The van der Waals surface area contributed by atoms with E-state index >= 15 is 0 Å². The van der Waals surface area contributed by atoms with Gasteiger partial charge in [-0.25, -0.2) is 0 Å². The van der Waals surface area contributed by atoms with E-state index in [0.717, 1.165) is 17.7 Å². The van der Waals surface area contributed by atoms with E-state index in [2.05, 4.69) is 75.1 Å². The van der Waals surface area contributed by atoms with Crippen LogP contribution in [0.3, 0.4) is 0 Å². The highest BCUT2D eigenvalue weighted by molar-refractivity contribution is 6.28. The van der Waals surface area contributed by atoms with Crippen LogP contribution in [0.4, 0.5) is 0 Å². The molecule has 0 amide bonds. The molecule has 1 fully saturated rings. The fraction of sp³-hybridized carbons (Fsp3) is 0.444. The van der Waals surface area contributed by atoms with Crippen molar-refractivity contribution in [1.29, 1.82) is 5.41 Å². The monoisotopic (exact) mass is 388 g/mol. The maximum atomic E-state index is 8.47. The molecule has 1 N–H and O–H groups in total. The standard InChI is InChI=1S/C27H36N2/c1-19(2)25-12-9-20(3)26(17-25)21(4)27(22(5)28)24-13-10-23(11-14-24)18-29-15-7-6-8-16-29/h9-14,17,19,28H,6-8,15-16,18H2,1-5H3/b27-21-,28-22?. The predicted molar refractivity (Wildman–Crippen MR) is 127 cm³/mol. The minimum Gasteiger partial charge on any atom is -0.305 e. The summed E-state index contributed by atoms with van der Waals surface area (Å²) >= 11 is 0. The zero-order valence-electron chi connectivity index (χ0n) is 18.8. The zero-order valence-corrected chi connectivity index (χ0v) is 18.8. The summed E-state index contributed by atoms with van der Waals surface area (Å²) in [4.78, 5) is 2.56. The molecule has 0 radical (unpaired) electrons. The first-order chi connectivity index (χ1) is 13.9. The summed E-state index contributed by atoms with van der Waals surface area (Å²) in [6.07, 6.45) is 4.02. The van der Waals surface area contributed by atoms with Crippen LogP contribution in [0.15, 0.2) is 42.5 Å². The van der Waals surface area contributed by atoms with Gasteiger partial charge in [0.05, 0.1) is 0 Å². The van der Waals surface area contributed by atoms with Crippen molar-refractivity contribution in [2.45, 2.75) is 66.3 Å². The van der Waals surface area contributed by atoms with Gasteiger partial charge in [-0.2, -0.15) is 0 Å². The molecule has 0 atom stereocenters. The molecule has 1 saturated heterocycles. The highest BCUT2D eigenvalue weighted by atomic mass is 15.1. The number of likely N-dealkylation sites (tertiary alicyclic amines) is 1. The lowest BCUT2D eigenvalue weighted by atomic mass is 9.88. The Kier molecular flexibility index (Phi) is 7.08. The van der Waals surface area contributed by atoms with Crippen LogP contribution in [0.1, 0.15) is 80.7 Å². The van der Waals surface area contributed by atoms with Gasteiger partial charge in [0, 0.05) is 17.8 Å². The molecule has 29 heavy (non-hydrogen) atoms. The van der Waals surface area contributed by atoms with Gasteiger partial charge < -0.3 is 5.41 Å². The normalized spacial score (nSPS) is 16.1. The summed E-state index contributed by atoms with van der Waals surface area (Å²) in [5.41, 5.74) is 9.27. The molecule has 0 aliphatic carbocycles. The molecule has 3 rings (SSSR count). The minimum atomic E-state index is 0.501. The number of piperidine rings is 1. The van der Waals surface area contributed by atoms with Crippen LogP contribution >= 0.6 is 0 Å². The van der Waals surface area contributed by atoms with Crippen LogP contribution in [0.5, 0.6) is 0 Å². The SMILES string of the molecule is CC(=N)/C(=C(\C)c1cc(C(C)C)ccc1C)c1ccc(CN2CCCCC2)cc1. The molecule has 0 bridgehead atoms. The molecule has 2 nitrogen and oxygen atoms in total. The molecular formula is C27H36N2. The van der Waals surface area contributed by atoms with Crippen LogP contribution in [-0.4, -0.2) is 23.7 Å². The van der Waals surface area contributed by atoms with Gasteiger partial charge >= 0.3 is 0 Å². The fourth-order valence-electron chi connectivity index (χ4n) is 4.40. The minimum absolute atomic E-state index is 0.501. The van der Waals surface area contributed by atoms with Gasteiger partial charge in [-0.3, -0.25) is 4.90 Å². The van der Waals surface area contributed by atoms with E-state index in [0.29, 0.717) is 11.6 Å². The maximum Gasteiger partial charge on any atom is 0.0364 e. The Balaban J connectivity index is 1.93. The topological polar surface area (TPSA) is 27.1 Å². The third-order valence-corrected chi connectivity index (χ3v) is 6.18. The number of nitrogens with zero attached hydrogens (tertiary/aromatic N) is 1. The lowest BCUT2D eigenvalue weighted by Gasteiger charge is -2.26. The second kappa shape index (κ2) is 9.54. The lowest BCUT2D eigenvalue weighted by molar-refractivity contribution is 0.221. The number of allylic oxidation sites excluding steroid dienone is 2. The van der Waals surface area contributed by atoms with E-state index < -0.39 is 0 Å². The highest BCUT2D eigenvalue weighted by Crippen LogP contribution is 2.31. The molecular weight excluding hydrogens is 352 g/mol. The first-order valence-corrected chi connectivity index (χ1v) is 11.1. The molecule has 154 valence electrons. The third kappa shape index (κ3) is 5.25. The zero-order chi connectivity index (χ0) is 21.0. The second-order valence-corrected chi connectivity index (χ2v) is 8.89. The van der Waals surface area contributed by atoms with Gasteiger partial charge in [0.15, 0.2) is 0 Å². The van der Waals surface area contributed by atoms with E-state index in [1.54, 1.807) is 0 Å². The van der Waals surface area contributed by atoms with Crippen LogP contribution in [-0.2, 0) is 6.54 Å². The Morgan fingerprint density at radius 2 is 1.62 bits per heavy atom. The molecule has 1 aliphatic heterocycles. The third-order valence-electron chi connectivity index (χ3n) is 6.18. The van der Waals surface area contributed by atoms with Gasteiger partial charge in [0.1, 0.15) is 0 Å². The summed E-state index contributed by atoms with van der Waals surface area (Å²) in [6, 6.07) is 15.7. The average molecular weight is 389 g/mol. The van der Waals surface area contributed by atoms with Crippen molar-refractivity contribution in [2.75, 3.05) is 13.1 Å². The Morgan fingerprint density at radius 1 is 0.966 bits per heavy atom. The molecule has 1 heterocycles. The Labute approximate surface area is 177 Å². The molecule has 2 aromatic carbocycles. The smallest absolute Gasteiger partial charge is 0.0364 e. The molecule has 0 spiro atoms. The van der Waals surface area contributed by atoms with E-state index in [9.17, 15) is 0 Å². The first-order valence-electron chi connectivity index (χ1n) is 11.1. The van der Waals surface area contributed by atoms with Crippen molar-refractivity contribution in [3.05, 3.63) is 70.3 Å². The summed E-state index contributed by atoms with van der Waals surface area (Å²) in [6.45, 7) is 14.2. The fourth-order valence-corrected chi connectivity index (χ4v) is 4.40. The summed E-state index contributed by atoms with van der Waals surface area (Å²) in [5.74, 6) is 0.501. The summed E-state index contributed by atoms with van der Waals surface area (Å²) < 4.78 is 0. The van der Waals surface area contributed by atoms with Gasteiger partial charge in [-0.1, -0.05) is 62.7 Å². The number of hydrogen-bond acceptors (Lipinski definition) is 2. The summed E-state index contributed by atoms with van der Waals surface area (Å²) in [7, 11) is 0. The largest absolute Gasteiger partial charge is 0.305 e. The van der Waals surface area contributed by atoms with Crippen molar-refractivity contribution in [3.63, 3.8) is 0 Å². The molecule has 2 heteroatoms. The number of nitrogens with one attached hydrogen (secondary N) is 1. The number of aryl methyl sites for hydroxylation is 1. The molecule has 2 aromatic rings. The van der Waals surface area contributed by atoms with Crippen LogP contribution in [0, 0.1) is 12.3 Å². The van der Waals surface area contributed by atoms with Crippen molar-refractivity contribution >= 4 is 16.9 Å². The van der Waals surface area contributed by atoms with Crippen molar-refractivity contribution < 1.29 is 0 Å². The Morgan fingerprint density at radius 3 is 2.21 bits per heavy atom. The van der Waals surface area contributed by atoms with Gasteiger partial charge in [-0.15, -0.1) is 0 Å². The van der Waals surface area contributed by atoms with Crippen LogP contribution in [0.25, 0.3) is 11.1 Å². The van der Waals surface area contributed by atoms with Crippen molar-refractivity contribution in [3.8, 4) is 0 Å². The molecule has 0 aromatic heterocycles. The predicted octanol–water partition coefficient (Wildman–Crippen LogP) is 7.07. The Hall–Kier alpha value is -2.19. The van der Waals surface area contributed by atoms with Crippen LogP contribution in [0.2, 0.25) is 0 Å². The molecule has 0 unspecified atom stereocenters.